The van der Waals surface area contributed by atoms with Crippen LogP contribution in [-0.2, 0) is 12.8 Å². The Hall–Kier alpha value is -1.79. The van der Waals surface area contributed by atoms with E-state index in [4.69, 9.17) is 23.2 Å². The molecule has 0 saturated heterocycles. The minimum atomic E-state index is 0.637. The fourth-order valence-electron chi connectivity index (χ4n) is 3.18. The number of benzene rings is 2. The molecule has 0 radical (unpaired) electrons. The lowest BCUT2D eigenvalue weighted by molar-refractivity contribution is 0.794. The molecule has 2 aromatic carbocycles. The van der Waals surface area contributed by atoms with Crippen LogP contribution < -0.4 is 0 Å². The first-order valence-electron chi connectivity index (χ1n) is 9.06. The summed E-state index contributed by atoms with van der Waals surface area (Å²) in [6.07, 6.45) is 0. The zero-order valence-corrected chi connectivity index (χ0v) is 19.4. The van der Waals surface area contributed by atoms with Crippen molar-refractivity contribution in [1.29, 1.82) is 0 Å². The van der Waals surface area contributed by atoms with E-state index in [2.05, 4.69) is 53.7 Å². The summed E-state index contributed by atoms with van der Waals surface area (Å²) in [5.74, 6) is 1.50. The molecule has 29 heavy (non-hydrogen) atoms. The average molecular weight is 460 g/mol. The Morgan fingerprint density at radius 3 is 2.38 bits per heavy atom. The third-order valence-electron chi connectivity index (χ3n) is 4.80. The van der Waals surface area contributed by atoms with E-state index in [0.717, 1.165) is 22.1 Å². The highest BCUT2D eigenvalue weighted by Gasteiger charge is 2.19. The van der Waals surface area contributed by atoms with Crippen molar-refractivity contribution in [3.63, 3.8) is 0 Å². The van der Waals surface area contributed by atoms with E-state index in [-0.39, 0.29) is 0 Å². The molecular weight excluding hydrogens is 441 g/mol. The molecule has 0 aliphatic rings. The summed E-state index contributed by atoms with van der Waals surface area (Å²) in [4.78, 5) is 1.27. The van der Waals surface area contributed by atoms with Crippen LogP contribution in [-0.4, -0.2) is 14.8 Å². The van der Waals surface area contributed by atoms with Gasteiger partial charge in [0.25, 0.3) is 0 Å². The van der Waals surface area contributed by atoms with Gasteiger partial charge in [0.1, 0.15) is 0 Å². The maximum Gasteiger partial charge on any atom is 0.191 e. The average Bonchev–Trinajstić information content (AvgIpc) is 3.25. The monoisotopic (exact) mass is 459 g/mol. The van der Waals surface area contributed by atoms with Gasteiger partial charge in [0, 0.05) is 44.2 Å². The molecule has 3 nitrogen and oxygen atoms in total. The van der Waals surface area contributed by atoms with Crippen LogP contribution in [0.15, 0.2) is 53.0 Å². The molecule has 0 aliphatic carbocycles. The second-order valence-corrected chi connectivity index (χ2v) is 9.64. The highest BCUT2D eigenvalue weighted by atomic mass is 35.5. The summed E-state index contributed by atoms with van der Waals surface area (Å²) in [6, 6.07) is 14.2. The Labute approximate surface area is 188 Å². The minimum absolute atomic E-state index is 0.637. The molecule has 0 amide bonds. The number of hydrogen-bond acceptors (Lipinski definition) is 4. The van der Waals surface area contributed by atoms with Gasteiger partial charge in [0.2, 0.25) is 0 Å². The molecule has 0 unspecified atom stereocenters. The SMILES string of the molecule is Cc1ccc(-c2c(-c3nnc(SCc4c(Cl)cccc4Cl)n3C)csc2C)cc1. The van der Waals surface area contributed by atoms with Crippen LogP contribution in [0, 0.1) is 13.8 Å². The number of aromatic nitrogens is 3. The van der Waals surface area contributed by atoms with Crippen LogP contribution in [0.5, 0.6) is 0 Å². The van der Waals surface area contributed by atoms with Crippen LogP contribution in [0.2, 0.25) is 10.0 Å². The molecule has 0 spiro atoms. The Morgan fingerprint density at radius 2 is 1.69 bits per heavy atom. The lowest BCUT2D eigenvalue weighted by atomic mass is 10.0. The van der Waals surface area contributed by atoms with E-state index in [0.29, 0.717) is 15.8 Å². The van der Waals surface area contributed by atoms with Gasteiger partial charge in [0.15, 0.2) is 11.0 Å². The fourth-order valence-corrected chi connectivity index (χ4v) is 5.70. The van der Waals surface area contributed by atoms with Crippen molar-refractivity contribution in [1.82, 2.24) is 14.8 Å². The third-order valence-corrected chi connectivity index (χ3v) is 7.46. The van der Waals surface area contributed by atoms with Gasteiger partial charge in [-0.15, -0.1) is 21.5 Å². The van der Waals surface area contributed by atoms with Gasteiger partial charge in [0.05, 0.1) is 0 Å². The maximum absolute atomic E-state index is 6.30. The zero-order valence-electron chi connectivity index (χ0n) is 16.2. The second kappa shape index (κ2) is 8.52. The molecule has 2 aromatic heterocycles. The first-order chi connectivity index (χ1) is 14.0. The minimum Gasteiger partial charge on any atom is -0.305 e. The van der Waals surface area contributed by atoms with Crippen LogP contribution in [0.4, 0.5) is 0 Å². The molecule has 0 bridgehead atoms. The number of thioether (sulfide) groups is 1. The number of thiophene rings is 1. The number of nitrogens with zero attached hydrogens (tertiary/aromatic N) is 3. The number of aryl methyl sites for hydroxylation is 2. The molecular formula is C22H19Cl2N3S2. The predicted molar refractivity (Wildman–Crippen MR) is 125 cm³/mol. The molecule has 4 aromatic rings. The molecule has 4 rings (SSSR count). The second-order valence-electron chi connectivity index (χ2n) is 6.80. The molecule has 7 heteroatoms. The topological polar surface area (TPSA) is 30.7 Å². The van der Waals surface area contributed by atoms with Crippen LogP contribution >= 0.6 is 46.3 Å². The van der Waals surface area contributed by atoms with E-state index in [1.165, 1.54) is 21.6 Å². The Balaban J connectivity index is 1.65. The van der Waals surface area contributed by atoms with Crippen molar-refractivity contribution in [2.75, 3.05) is 0 Å². The van der Waals surface area contributed by atoms with Crippen molar-refractivity contribution >= 4 is 46.3 Å². The lowest BCUT2D eigenvalue weighted by Crippen LogP contribution is -1.96. The van der Waals surface area contributed by atoms with Gasteiger partial charge < -0.3 is 4.57 Å². The smallest absolute Gasteiger partial charge is 0.191 e. The summed E-state index contributed by atoms with van der Waals surface area (Å²) >= 11 is 15.9. The fraction of sp³-hybridized carbons (Fsp3) is 0.182. The van der Waals surface area contributed by atoms with Gasteiger partial charge >= 0.3 is 0 Å². The van der Waals surface area contributed by atoms with Crippen molar-refractivity contribution in [2.24, 2.45) is 7.05 Å². The molecule has 2 heterocycles. The van der Waals surface area contributed by atoms with E-state index in [9.17, 15) is 0 Å². The van der Waals surface area contributed by atoms with Gasteiger partial charge in [-0.2, -0.15) is 0 Å². The molecule has 0 fully saturated rings. The first kappa shape index (κ1) is 20.5. The highest BCUT2D eigenvalue weighted by molar-refractivity contribution is 7.98. The highest BCUT2D eigenvalue weighted by Crippen LogP contribution is 2.39. The molecule has 0 aliphatic heterocycles. The summed E-state index contributed by atoms with van der Waals surface area (Å²) < 4.78 is 2.04. The molecule has 0 saturated carbocycles. The lowest BCUT2D eigenvalue weighted by Gasteiger charge is -2.08. The van der Waals surface area contributed by atoms with Crippen molar-refractivity contribution in [3.8, 4) is 22.5 Å². The van der Waals surface area contributed by atoms with Crippen molar-refractivity contribution in [2.45, 2.75) is 24.8 Å². The summed E-state index contributed by atoms with van der Waals surface area (Å²) in [5.41, 5.74) is 5.69. The maximum atomic E-state index is 6.30. The van der Waals surface area contributed by atoms with Crippen molar-refractivity contribution in [3.05, 3.63) is 73.9 Å². The quantitative estimate of drug-likeness (QED) is 0.290. The van der Waals surface area contributed by atoms with E-state index >= 15 is 0 Å². The first-order valence-corrected chi connectivity index (χ1v) is 11.7. The van der Waals surface area contributed by atoms with Gasteiger partial charge in [-0.25, -0.2) is 0 Å². The zero-order chi connectivity index (χ0) is 20.5. The van der Waals surface area contributed by atoms with Gasteiger partial charge in [-0.1, -0.05) is 70.9 Å². The molecule has 0 N–H and O–H groups in total. The van der Waals surface area contributed by atoms with E-state index in [1.54, 1.807) is 23.1 Å². The number of halogens is 2. The van der Waals surface area contributed by atoms with Crippen LogP contribution in [0.25, 0.3) is 22.5 Å². The van der Waals surface area contributed by atoms with Gasteiger partial charge in [-0.05, 0) is 37.1 Å². The summed E-state index contributed by atoms with van der Waals surface area (Å²) in [6.45, 7) is 4.25. The van der Waals surface area contributed by atoms with E-state index < -0.39 is 0 Å². The Morgan fingerprint density at radius 1 is 1.00 bits per heavy atom. The predicted octanol–water partition coefficient (Wildman–Crippen LogP) is 7.43. The van der Waals surface area contributed by atoms with E-state index in [1.807, 2.05) is 29.8 Å². The summed E-state index contributed by atoms with van der Waals surface area (Å²) in [5, 5.41) is 13.2. The Kier molecular flexibility index (Phi) is 6.02. The number of hydrogen-bond donors (Lipinski definition) is 0. The molecule has 148 valence electrons. The normalized spacial score (nSPS) is 11.2. The Bertz CT molecular complexity index is 1140. The molecule has 0 atom stereocenters. The largest absolute Gasteiger partial charge is 0.305 e. The van der Waals surface area contributed by atoms with Crippen LogP contribution in [0.1, 0.15) is 16.0 Å². The van der Waals surface area contributed by atoms with Crippen molar-refractivity contribution < 1.29 is 0 Å². The standard InChI is InChI=1S/C22H19Cl2N3S2/c1-13-7-9-15(10-8-13)20-14(2)28-12-17(20)21-25-26-22(27(21)3)29-11-16-18(23)5-4-6-19(16)24/h4-10,12H,11H2,1-3H3. The number of rotatable bonds is 5. The summed E-state index contributed by atoms with van der Waals surface area (Å²) in [7, 11) is 2.00. The third kappa shape index (κ3) is 4.10. The van der Waals surface area contributed by atoms with Crippen LogP contribution in [0.3, 0.4) is 0 Å². The van der Waals surface area contributed by atoms with Gasteiger partial charge in [-0.3, -0.25) is 0 Å².